The second-order valence-electron chi connectivity index (χ2n) is 5.67. The third-order valence-corrected chi connectivity index (χ3v) is 3.81. The molecule has 4 heteroatoms. The Morgan fingerprint density at radius 2 is 2.10 bits per heavy atom. The van der Waals surface area contributed by atoms with Crippen LogP contribution in [0.3, 0.4) is 0 Å². The monoisotopic (exact) mass is 277 g/mol. The first-order valence-electron chi connectivity index (χ1n) is 7.03. The first kappa shape index (κ1) is 14.7. The molecule has 0 radical (unpaired) electrons. The van der Waals surface area contributed by atoms with Crippen molar-refractivity contribution in [2.75, 3.05) is 11.4 Å². The molecule has 0 saturated carbocycles. The quantitative estimate of drug-likeness (QED) is 0.796. The van der Waals surface area contributed by atoms with Gasteiger partial charge in [0.05, 0.1) is 5.92 Å². The molecule has 1 fully saturated rings. The van der Waals surface area contributed by atoms with Gasteiger partial charge in [-0.2, -0.15) is 0 Å². The van der Waals surface area contributed by atoms with Crippen LogP contribution in [0.1, 0.15) is 32.3 Å². The number of ketones is 1. The minimum atomic E-state index is -0.577. The molecule has 0 aromatic heterocycles. The molecular weight excluding hydrogens is 257 g/mol. The number of piperidine rings is 1. The van der Waals surface area contributed by atoms with Crippen molar-refractivity contribution in [3.63, 3.8) is 0 Å². The highest BCUT2D eigenvalue weighted by atomic mass is 19.1. The number of halogens is 1. The van der Waals surface area contributed by atoms with Gasteiger partial charge in [-0.15, -0.1) is 0 Å². The Labute approximate surface area is 118 Å². The normalized spacial score (nSPS) is 19.6. The zero-order valence-corrected chi connectivity index (χ0v) is 12.1. The molecule has 2 rings (SSSR count). The van der Waals surface area contributed by atoms with Crippen LogP contribution in [0.2, 0.25) is 0 Å². The molecule has 3 nitrogen and oxygen atoms in total. The zero-order chi connectivity index (χ0) is 14.9. The Bertz CT molecular complexity index is 539. The van der Waals surface area contributed by atoms with Crippen molar-refractivity contribution < 1.29 is 14.0 Å². The van der Waals surface area contributed by atoms with Crippen molar-refractivity contribution in [1.82, 2.24) is 0 Å². The number of amides is 1. The Hall–Kier alpha value is -1.71. The van der Waals surface area contributed by atoms with Crippen molar-refractivity contribution in [3.05, 3.63) is 29.6 Å². The number of aryl methyl sites for hydroxylation is 1. The van der Waals surface area contributed by atoms with Crippen molar-refractivity contribution in [1.29, 1.82) is 0 Å². The molecule has 0 spiro atoms. The van der Waals surface area contributed by atoms with Crippen molar-refractivity contribution >= 4 is 17.4 Å². The zero-order valence-electron chi connectivity index (χ0n) is 12.1. The van der Waals surface area contributed by atoms with Gasteiger partial charge in [0, 0.05) is 18.2 Å². The van der Waals surface area contributed by atoms with Gasteiger partial charge in [-0.05, 0) is 37.5 Å². The number of rotatable bonds is 3. The van der Waals surface area contributed by atoms with Crippen LogP contribution in [-0.2, 0) is 9.59 Å². The lowest BCUT2D eigenvalue weighted by molar-refractivity contribution is -0.135. The highest BCUT2D eigenvalue weighted by Crippen LogP contribution is 2.29. The number of anilines is 1. The van der Waals surface area contributed by atoms with E-state index in [4.69, 9.17) is 0 Å². The van der Waals surface area contributed by atoms with E-state index in [-0.39, 0.29) is 23.4 Å². The number of nitrogens with zero attached hydrogens (tertiary/aromatic N) is 1. The number of hydrogen-bond acceptors (Lipinski definition) is 2. The van der Waals surface area contributed by atoms with Crippen molar-refractivity contribution in [3.8, 4) is 0 Å². The van der Waals surface area contributed by atoms with Crippen LogP contribution in [-0.4, -0.2) is 18.2 Å². The van der Waals surface area contributed by atoms with Gasteiger partial charge < -0.3 is 4.90 Å². The summed E-state index contributed by atoms with van der Waals surface area (Å²) >= 11 is 0. The van der Waals surface area contributed by atoms with E-state index < -0.39 is 5.92 Å². The predicted molar refractivity (Wildman–Crippen MR) is 76.1 cm³/mol. The average molecular weight is 277 g/mol. The van der Waals surface area contributed by atoms with E-state index in [0.717, 1.165) is 12.0 Å². The van der Waals surface area contributed by atoms with Crippen LogP contribution in [0.25, 0.3) is 0 Å². The van der Waals surface area contributed by atoms with Crippen molar-refractivity contribution in [2.45, 2.75) is 33.6 Å². The van der Waals surface area contributed by atoms with Crippen molar-refractivity contribution in [2.24, 2.45) is 11.8 Å². The summed E-state index contributed by atoms with van der Waals surface area (Å²) in [6.07, 6.45) is 1.37. The molecule has 1 aromatic rings. The van der Waals surface area contributed by atoms with Crippen LogP contribution in [0.5, 0.6) is 0 Å². The number of hydrogen-bond donors (Lipinski definition) is 0. The molecule has 1 aromatic carbocycles. The predicted octanol–water partition coefficient (Wildman–Crippen LogP) is 3.10. The molecule has 108 valence electrons. The van der Waals surface area contributed by atoms with Gasteiger partial charge in [0.15, 0.2) is 0 Å². The number of benzene rings is 1. The van der Waals surface area contributed by atoms with Gasteiger partial charge in [0.2, 0.25) is 5.91 Å². The summed E-state index contributed by atoms with van der Waals surface area (Å²) in [6, 6.07) is 4.41. The van der Waals surface area contributed by atoms with Gasteiger partial charge in [-0.3, -0.25) is 9.59 Å². The molecular formula is C16H20FNO2. The van der Waals surface area contributed by atoms with E-state index >= 15 is 0 Å². The Kier molecular flexibility index (Phi) is 4.21. The molecule has 0 aliphatic carbocycles. The summed E-state index contributed by atoms with van der Waals surface area (Å²) in [5, 5.41) is 0. The fraction of sp³-hybridized carbons (Fsp3) is 0.500. The summed E-state index contributed by atoms with van der Waals surface area (Å²) in [4.78, 5) is 26.2. The lowest BCUT2D eigenvalue weighted by atomic mass is 9.87. The topological polar surface area (TPSA) is 37.4 Å². The second-order valence-corrected chi connectivity index (χ2v) is 5.67. The highest BCUT2D eigenvalue weighted by molar-refractivity contribution is 6.09. The third kappa shape index (κ3) is 2.74. The fourth-order valence-corrected chi connectivity index (χ4v) is 2.65. The smallest absolute Gasteiger partial charge is 0.237 e. The average Bonchev–Trinajstić information content (AvgIpc) is 2.41. The molecule has 1 amide bonds. The third-order valence-electron chi connectivity index (χ3n) is 3.81. The van der Waals surface area contributed by atoms with Crippen LogP contribution in [0, 0.1) is 24.6 Å². The minimum Gasteiger partial charge on any atom is -0.311 e. The number of carbonyl (C=O) groups excluding carboxylic acids is 2. The molecule has 1 saturated heterocycles. The van der Waals surface area contributed by atoms with Crippen LogP contribution < -0.4 is 4.90 Å². The fourth-order valence-electron chi connectivity index (χ4n) is 2.65. The lowest BCUT2D eigenvalue weighted by Crippen LogP contribution is -2.45. The SMILES string of the molecule is Cc1ccc(F)cc1N1CCCC(C(=O)C(C)C)C1=O. The highest BCUT2D eigenvalue weighted by Gasteiger charge is 2.36. The molecule has 0 bridgehead atoms. The Morgan fingerprint density at radius 1 is 1.40 bits per heavy atom. The number of carbonyl (C=O) groups is 2. The first-order valence-corrected chi connectivity index (χ1v) is 7.03. The Morgan fingerprint density at radius 3 is 2.75 bits per heavy atom. The van der Waals surface area contributed by atoms with E-state index in [1.165, 1.54) is 12.1 Å². The minimum absolute atomic E-state index is 0.0197. The van der Waals surface area contributed by atoms with E-state index in [2.05, 4.69) is 0 Å². The van der Waals surface area contributed by atoms with Crippen LogP contribution in [0.4, 0.5) is 10.1 Å². The summed E-state index contributed by atoms with van der Waals surface area (Å²) < 4.78 is 13.4. The van der Waals surface area contributed by atoms with E-state index in [9.17, 15) is 14.0 Å². The van der Waals surface area contributed by atoms with Gasteiger partial charge in [0.25, 0.3) is 0 Å². The molecule has 0 N–H and O–H groups in total. The van der Waals surface area contributed by atoms with Gasteiger partial charge in [-0.25, -0.2) is 4.39 Å². The van der Waals surface area contributed by atoms with Gasteiger partial charge >= 0.3 is 0 Å². The van der Waals surface area contributed by atoms with E-state index in [1.54, 1.807) is 11.0 Å². The summed E-state index contributed by atoms with van der Waals surface area (Å²) in [6.45, 7) is 6.00. The maximum atomic E-state index is 13.4. The number of Topliss-reactive ketones (excluding diaryl/α,β-unsaturated/α-hetero) is 1. The summed E-state index contributed by atoms with van der Waals surface area (Å²) in [5.41, 5.74) is 1.42. The van der Waals surface area contributed by atoms with Gasteiger partial charge in [-0.1, -0.05) is 19.9 Å². The molecule has 20 heavy (non-hydrogen) atoms. The molecule has 1 aliphatic rings. The Balaban J connectivity index is 2.31. The summed E-state index contributed by atoms with van der Waals surface area (Å²) in [7, 11) is 0. The maximum Gasteiger partial charge on any atom is 0.237 e. The molecule has 1 aliphatic heterocycles. The van der Waals surface area contributed by atoms with Gasteiger partial charge in [0.1, 0.15) is 11.6 Å². The van der Waals surface area contributed by atoms with E-state index in [0.29, 0.717) is 18.7 Å². The molecule has 1 atom stereocenters. The maximum absolute atomic E-state index is 13.4. The summed E-state index contributed by atoms with van der Waals surface area (Å²) in [5.74, 6) is -1.31. The lowest BCUT2D eigenvalue weighted by Gasteiger charge is -2.33. The largest absolute Gasteiger partial charge is 0.311 e. The molecule has 1 heterocycles. The second kappa shape index (κ2) is 5.73. The van der Waals surface area contributed by atoms with Crippen LogP contribution >= 0.6 is 0 Å². The van der Waals surface area contributed by atoms with E-state index in [1.807, 2.05) is 20.8 Å². The first-order chi connectivity index (χ1) is 9.41. The molecule has 1 unspecified atom stereocenters. The standard InChI is InChI=1S/C16H20FNO2/c1-10(2)15(19)13-5-4-8-18(16(13)20)14-9-12(17)7-6-11(14)3/h6-7,9-10,13H,4-5,8H2,1-3H3. The van der Waals surface area contributed by atoms with Crippen LogP contribution in [0.15, 0.2) is 18.2 Å².